The Kier molecular flexibility index (Phi) is 2.37. The molecule has 2 rings (SSSR count). The van der Waals surface area contributed by atoms with Crippen LogP contribution in [0, 0.1) is 0 Å². The molecule has 5 nitrogen and oxygen atoms in total. The van der Waals surface area contributed by atoms with Crippen molar-refractivity contribution in [3.05, 3.63) is 36.9 Å². The SMILES string of the molecule is O=C(O)Oc1coc(-c2cccnc2)c1. The summed E-state index contributed by atoms with van der Waals surface area (Å²) in [6.07, 6.45) is 3.12. The zero-order valence-electron chi connectivity index (χ0n) is 7.58. The summed E-state index contributed by atoms with van der Waals surface area (Å²) in [5, 5.41) is 8.37. The highest BCUT2D eigenvalue weighted by molar-refractivity contribution is 5.63. The van der Waals surface area contributed by atoms with Crippen molar-refractivity contribution in [1.29, 1.82) is 0 Å². The van der Waals surface area contributed by atoms with Crippen molar-refractivity contribution in [2.24, 2.45) is 0 Å². The summed E-state index contributed by atoms with van der Waals surface area (Å²) in [6.45, 7) is 0. The minimum Gasteiger partial charge on any atom is -0.460 e. The molecule has 0 aliphatic heterocycles. The Hall–Kier alpha value is -2.30. The van der Waals surface area contributed by atoms with Gasteiger partial charge in [-0.3, -0.25) is 4.98 Å². The normalized spacial score (nSPS) is 9.87. The van der Waals surface area contributed by atoms with E-state index in [-0.39, 0.29) is 5.75 Å². The Morgan fingerprint density at radius 1 is 1.53 bits per heavy atom. The molecular formula is C10H7NO4. The standard InChI is InChI=1S/C10H7NO4/c12-10(13)15-8-4-9(14-6-8)7-2-1-3-11-5-7/h1-6H,(H,12,13). The molecule has 76 valence electrons. The monoisotopic (exact) mass is 205 g/mol. The number of hydrogen-bond donors (Lipinski definition) is 1. The molecule has 1 N–H and O–H groups in total. The van der Waals surface area contributed by atoms with E-state index < -0.39 is 6.16 Å². The van der Waals surface area contributed by atoms with Gasteiger partial charge in [-0.25, -0.2) is 4.79 Å². The van der Waals surface area contributed by atoms with Gasteiger partial charge in [-0.1, -0.05) is 0 Å². The minimum atomic E-state index is -1.37. The molecule has 0 aliphatic rings. The molecule has 0 saturated heterocycles. The molecule has 0 atom stereocenters. The Bertz CT molecular complexity index is 463. The summed E-state index contributed by atoms with van der Waals surface area (Å²) >= 11 is 0. The maximum Gasteiger partial charge on any atom is 0.511 e. The van der Waals surface area contributed by atoms with E-state index in [4.69, 9.17) is 9.52 Å². The van der Waals surface area contributed by atoms with Gasteiger partial charge in [0.25, 0.3) is 0 Å². The first-order valence-corrected chi connectivity index (χ1v) is 4.15. The molecule has 0 amide bonds. The second-order valence-electron chi connectivity index (χ2n) is 2.76. The largest absolute Gasteiger partial charge is 0.511 e. The molecule has 0 unspecified atom stereocenters. The molecular weight excluding hydrogens is 198 g/mol. The maximum atomic E-state index is 10.2. The molecule has 5 heteroatoms. The number of aromatic nitrogens is 1. The summed E-state index contributed by atoms with van der Waals surface area (Å²) in [6, 6.07) is 5.05. The Morgan fingerprint density at radius 3 is 3.07 bits per heavy atom. The fraction of sp³-hybridized carbons (Fsp3) is 0. The molecule has 2 heterocycles. The number of carboxylic acid groups (broad SMARTS) is 1. The van der Waals surface area contributed by atoms with Gasteiger partial charge in [0.15, 0.2) is 5.75 Å². The van der Waals surface area contributed by atoms with Crippen LogP contribution in [0.25, 0.3) is 11.3 Å². The van der Waals surface area contributed by atoms with Gasteiger partial charge in [-0.15, -0.1) is 0 Å². The average Bonchev–Trinajstić information content (AvgIpc) is 2.67. The van der Waals surface area contributed by atoms with Gasteiger partial charge in [0.2, 0.25) is 0 Å². The van der Waals surface area contributed by atoms with Gasteiger partial charge in [0.1, 0.15) is 12.0 Å². The number of nitrogens with zero attached hydrogens (tertiary/aromatic N) is 1. The van der Waals surface area contributed by atoms with Crippen molar-refractivity contribution in [2.75, 3.05) is 0 Å². The summed E-state index contributed by atoms with van der Waals surface area (Å²) in [7, 11) is 0. The van der Waals surface area contributed by atoms with Crippen molar-refractivity contribution in [3.8, 4) is 17.1 Å². The predicted octanol–water partition coefficient (Wildman–Crippen LogP) is 2.40. The van der Waals surface area contributed by atoms with Crippen LogP contribution in [0.3, 0.4) is 0 Å². The second-order valence-corrected chi connectivity index (χ2v) is 2.76. The number of rotatable bonds is 2. The second kappa shape index (κ2) is 3.83. The summed E-state index contributed by atoms with van der Waals surface area (Å²) < 4.78 is 9.54. The highest BCUT2D eigenvalue weighted by atomic mass is 16.7. The van der Waals surface area contributed by atoms with Crippen LogP contribution in [-0.4, -0.2) is 16.2 Å². The fourth-order valence-electron chi connectivity index (χ4n) is 1.13. The van der Waals surface area contributed by atoms with E-state index >= 15 is 0 Å². The van der Waals surface area contributed by atoms with Gasteiger partial charge >= 0.3 is 6.16 Å². The third-order valence-electron chi connectivity index (χ3n) is 1.73. The first-order chi connectivity index (χ1) is 7.25. The number of ether oxygens (including phenoxy) is 1. The summed E-state index contributed by atoms with van der Waals surface area (Å²) in [4.78, 5) is 14.2. The van der Waals surface area contributed by atoms with Crippen LogP contribution in [-0.2, 0) is 0 Å². The van der Waals surface area contributed by atoms with Gasteiger partial charge in [0.05, 0.1) is 0 Å². The molecule has 2 aromatic rings. The molecule has 0 saturated carbocycles. The van der Waals surface area contributed by atoms with Crippen LogP contribution < -0.4 is 4.74 Å². The van der Waals surface area contributed by atoms with Crippen molar-refractivity contribution >= 4 is 6.16 Å². The fourth-order valence-corrected chi connectivity index (χ4v) is 1.13. The van der Waals surface area contributed by atoms with E-state index in [0.29, 0.717) is 5.76 Å². The summed E-state index contributed by atoms with van der Waals surface area (Å²) in [5.41, 5.74) is 0.762. The van der Waals surface area contributed by atoms with E-state index in [1.807, 2.05) is 0 Å². The number of furan rings is 1. The lowest BCUT2D eigenvalue weighted by molar-refractivity contribution is 0.144. The smallest absolute Gasteiger partial charge is 0.460 e. The number of pyridine rings is 1. The van der Waals surface area contributed by atoms with E-state index in [0.717, 1.165) is 5.56 Å². The zero-order chi connectivity index (χ0) is 10.7. The lowest BCUT2D eigenvalue weighted by Gasteiger charge is -1.92. The van der Waals surface area contributed by atoms with Gasteiger partial charge in [-0.05, 0) is 12.1 Å². The molecule has 0 aliphatic carbocycles. The molecule has 0 fully saturated rings. The highest BCUT2D eigenvalue weighted by Crippen LogP contribution is 2.25. The van der Waals surface area contributed by atoms with Crippen LogP contribution in [0.5, 0.6) is 5.75 Å². The minimum absolute atomic E-state index is 0.154. The van der Waals surface area contributed by atoms with Gasteiger partial charge < -0.3 is 14.3 Å². The van der Waals surface area contributed by atoms with E-state index in [1.54, 1.807) is 24.5 Å². The molecule has 15 heavy (non-hydrogen) atoms. The lowest BCUT2D eigenvalue weighted by Crippen LogP contribution is -2.01. The molecule has 0 radical (unpaired) electrons. The Balaban J connectivity index is 2.24. The van der Waals surface area contributed by atoms with E-state index in [2.05, 4.69) is 9.72 Å². The third-order valence-corrected chi connectivity index (χ3v) is 1.73. The Labute approximate surface area is 84.9 Å². The third kappa shape index (κ3) is 2.14. The molecule has 0 bridgehead atoms. The maximum absolute atomic E-state index is 10.2. The lowest BCUT2D eigenvalue weighted by atomic mass is 10.2. The van der Waals surface area contributed by atoms with Crippen molar-refractivity contribution in [1.82, 2.24) is 4.98 Å². The van der Waals surface area contributed by atoms with E-state index in [9.17, 15) is 4.79 Å². The number of carbonyl (C=O) groups is 1. The molecule has 2 aromatic heterocycles. The molecule has 0 spiro atoms. The van der Waals surface area contributed by atoms with Crippen molar-refractivity contribution in [2.45, 2.75) is 0 Å². The zero-order valence-corrected chi connectivity index (χ0v) is 7.58. The average molecular weight is 205 g/mol. The first-order valence-electron chi connectivity index (χ1n) is 4.15. The van der Waals surface area contributed by atoms with Crippen LogP contribution in [0.2, 0.25) is 0 Å². The predicted molar refractivity (Wildman–Crippen MR) is 50.6 cm³/mol. The first kappa shape index (κ1) is 9.26. The van der Waals surface area contributed by atoms with Crippen LogP contribution in [0.4, 0.5) is 4.79 Å². The quantitative estimate of drug-likeness (QED) is 0.762. The highest BCUT2D eigenvalue weighted by Gasteiger charge is 2.07. The van der Waals surface area contributed by atoms with Crippen LogP contribution in [0.15, 0.2) is 41.3 Å². The van der Waals surface area contributed by atoms with Gasteiger partial charge in [-0.2, -0.15) is 0 Å². The molecule has 0 aromatic carbocycles. The summed E-state index contributed by atoms with van der Waals surface area (Å²) in [5.74, 6) is 0.667. The van der Waals surface area contributed by atoms with Gasteiger partial charge in [0, 0.05) is 24.0 Å². The van der Waals surface area contributed by atoms with Crippen LogP contribution >= 0.6 is 0 Å². The topological polar surface area (TPSA) is 72.6 Å². The van der Waals surface area contributed by atoms with Crippen molar-refractivity contribution in [3.63, 3.8) is 0 Å². The van der Waals surface area contributed by atoms with Crippen molar-refractivity contribution < 1.29 is 19.1 Å². The van der Waals surface area contributed by atoms with Crippen LogP contribution in [0.1, 0.15) is 0 Å². The Morgan fingerprint density at radius 2 is 2.40 bits per heavy atom. The number of hydrogen-bond acceptors (Lipinski definition) is 4. The van der Waals surface area contributed by atoms with E-state index in [1.165, 1.54) is 12.3 Å².